The number of carbonyl (C=O) groups excluding carboxylic acids is 1. The molecule has 3 heteroatoms. The fraction of sp³-hybridized carbons (Fsp3) is 0.200. The maximum absolute atomic E-state index is 11.3. The van der Waals surface area contributed by atoms with Gasteiger partial charge in [0.05, 0.1) is 12.2 Å². The molecule has 0 radical (unpaired) electrons. The zero-order chi connectivity index (χ0) is 9.68. The molecule has 0 atom stereocenters. The van der Waals surface area contributed by atoms with Gasteiger partial charge in [0.2, 0.25) is 0 Å². The fourth-order valence-electron chi connectivity index (χ4n) is 0.963. The van der Waals surface area contributed by atoms with Crippen LogP contribution in [-0.4, -0.2) is 17.6 Å². The number of aromatic nitrogens is 1. The summed E-state index contributed by atoms with van der Waals surface area (Å²) in [5.41, 5.74) is 1.20. The molecule has 0 aliphatic rings. The summed E-state index contributed by atoms with van der Waals surface area (Å²) in [6.45, 7) is 5.73. The molecule has 0 saturated heterocycles. The predicted octanol–water partition coefficient (Wildman–Crippen LogP) is 1.90. The van der Waals surface area contributed by atoms with Crippen molar-refractivity contribution in [2.45, 2.75) is 6.92 Å². The Morgan fingerprint density at radius 2 is 2.54 bits per heavy atom. The third-order valence-electron chi connectivity index (χ3n) is 1.57. The lowest BCUT2D eigenvalue weighted by atomic mass is 10.1. The van der Waals surface area contributed by atoms with Crippen LogP contribution in [0, 0.1) is 0 Å². The molecule has 13 heavy (non-hydrogen) atoms. The first-order chi connectivity index (χ1) is 6.29. The first-order valence-electron chi connectivity index (χ1n) is 4.03. The lowest BCUT2D eigenvalue weighted by Crippen LogP contribution is -2.06. The van der Waals surface area contributed by atoms with Crippen molar-refractivity contribution in [1.29, 1.82) is 0 Å². The van der Waals surface area contributed by atoms with Gasteiger partial charge in [-0.25, -0.2) is 4.79 Å². The van der Waals surface area contributed by atoms with Gasteiger partial charge in [0.15, 0.2) is 0 Å². The number of hydrogen-bond acceptors (Lipinski definition) is 3. The smallest absolute Gasteiger partial charge is 0.340 e. The Morgan fingerprint density at radius 3 is 3.15 bits per heavy atom. The molecule has 68 valence electrons. The molecule has 0 aliphatic carbocycles. The van der Waals surface area contributed by atoms with Gasteiger partial charge < -0.3 is 4.74 Å². The van der Waals surface area contributed by atoms with Crippen LogP contribution in [0.3, 0.4) is 0 Å². The lowest BCUT2D eigenvalue weighted by Gasteiger charge is -2.03. The van der Waals surface area contributed by atoms with E-state index < -0.39 is 0 Å². The second-order valence-electron chi connectivity index (χ2n) is 2.39. The van der Waals surface area contributed by atoms with Gasteiger partial charge in [0.25, 0.3) is 0 Å². The molecule has 1 rings (SSSR count). The van der Waals surface area contributed by atoms with Crippen LogP contribution < -0.4 is 0 Å². The van der Waals surface area contributed by atoms with Crippen LogP contribution in [0.2, 0.25) is 0 Å². The molecular weight excluding hydrogens is 166 g/mol. The van der Waals surface area contributed by atoms with Crippen molar-refractivity contribution in [1.82, 2.24) is 4.98 Å². The van der Waals surface area contributed by atoms with E-state index in [9.17, 15) is 4.79 Å². The summed E-state index contributed by atoms with van der Waals surface area (Å²) in [7, 11) is 0. The highest BCUT2D eigenvalue weighted by Crippen LogP contribution is 2.09. The summed E-state index contributed by atoms with van der Waals surface area (Å²) >= 11 is 0. The van der Waals surface area contributed by atoms with Gasteiger partial charge in [-0.15, -0.1) is 0 Å². The van der Waals surface area contributed by atoms with Crippen LogP contribution in [0.25, 0.3) is 6.08 Å². The third kappa shape index (κ3) is 2.15. The van der Waals surface area contributed by atoms with Gasteiger partial charge >= 0.3 is 5.97 Å². The van der Waals surface area contributed by atoms with Crippen molar-refractivity contribution >= 4 is 12.0 Å². The Labute approximate surface area is 77.1 Å². The molecule has 0 N–H and O–H groups in total. The number of pyridine rings is 1. The summed E-state index contributed by atoms with van der Waals surface area (Å²) < 4.78 is 4.84. The van der Waals surface area contributed by atoms with Gasteiger partial charge in [-0.1, -0.05) is 12.7 Å². The number of nitrogens with zero attached hydrogens (tertiary/aromatic N) is 1. The van der Waals surface area contributed by atoms with E-state index >= 15 is 0 Å². The second-order valence-corrected chi connectivity index (χ2v) is 2.39. The minimum absolute atomic E-state index is 0.356. The third-order valence-corrected chi connectivity index (χ3v) is 1.57. The summed E-state index contributed by atoms with van der Waals surface area (Å²) in [5.74, 6) is -0.356. The zero-order valence-electron chi connectivity index (χ0n) is 7.49. The van der Waals surface area contributed by atoms with Crippen molar-refractivity contribution < 1.29 is 9.53 Å². The normalized spacial score (nSPS) is 9.31. The van der Waals surface area contributed by atoms with E-state index in [-0.39, 0.29) is 5.97 Å². The van der Waals surface area contributed by atoms with Gasteiger partial charge in [-0.3, -0.25) is 4.98 Å². The molecule has 0 bridgehead atoms. The van der Waals surface area contributed by atoms with Crippen LogP contribution in [0.5, 0.6) is 0 Å². The van der Waals surface area contributed by atoms with Crippen molar-refractivity contribution in [3.63, 3.8) is 0 Å². The lowest BCUT2D eigenvalue weighted by molar-refractivity contribution is 0.0525. The number of hydrogen-bond donors (Lipinski definition) is 0. The fourth-order valence-corrected chi connectivity index (χ4v) is 0.963. The monoisotopic (exact) mass is 177 g/mol. The molecule has 1 aromatic heterocycles. The van der Waals surface area contributed by atoms with Crippen LogP contribution >= 0.6 is 0 Å². The molecule has 0 saturated carbocycles. The summed E-state index contributed by atoms with van der Waals surface area (Å²) in [5, 5.41) is 0. The maximum Gasteiger partial charge on any atom is 0.340 e. The predicted molar refractivity (Wildman–Crippen MR) is 50.3 cm³/mol. The number of carbonyl (C=O) groups is 1. The molecule has 1 aromatic rings. The topological polar surface area (TPSA) is 39.2 Å². The molecule has 0 unspecified atom stereocenters. The minimum atomic E-state index is -0.356. The second kappa shape index (κ2) is 4.40. The summed E-state index contributed by atoms with van der Waals surface area (Å²) in [6.07, 6.45) is 4.70. The molecule has 0 aliphatic heterocycles. The molecule has 3 nitrogen and oxygen atoms in total. The Morgan fingerprint density at radius 1 is 1.77 bits per heavy atom. The van der Waals surface area contributed by atoms with Gasteiger partial charge in [-0.05, 0) is 18.6 Å². The van der Waals surface area contributed by atoms with Crippen LogP contribution in [0.15, 0.2) is 25.0 Å². The van der Waals surface area contributed by atoms with Gasteiger partial charge in [-0.2, -0.15) is 0 Å². The van der Waals surface area contributed by atoms with Crippen LogP contribution in [0.4, 0.5) is 0 Å². The Balaban J connectivity index is 2.98. The van der Waals surface area contributed by atoms with Crippen molar-refractivity contribution in [3.05, 3.63) is 36.2 Å². The van der Waals surface area contributed by atoms with E-state index in [0.717, 1.165) is 5.56 Å². The quantitative estimate of drug-likeness (QED) is 0.662. The van der Waals surface area contributed by atoms with E-state index in [1.54, 1.807) is 25.3 Å². The average Bonchev–Trinajstić information content (AvgIpc) is 2.18. The SMILES string of the molecule is C=Cc1ccncc1C(=O)OCC. The van der Waals surface area contributed by atoms with Crippen LogP contribution in [-0.2, 0) is 4.74 Å². The average molecular weight is 177 g/mol. The van der Waals surface area contributed by atoms with E-state index in [0.29, 0.717) is 12.2 Å². The van der Waals surface area contributed by atoms with E-state index in [2.05, 4.69) is 11.6 Å². The number of rotatable bonds is 3. The highest BCUT2D eigenvalue weighted by Gasteiger charge is 2.09. The molecule has 1 heterocycles. The highest BCUT2D eigenvalue weighted by molar-refractivity contribution is 5.93. The zero-order valence-corrected chi connectivity index (χ0v) is 7.49. The first-order valence-corrected chi connectivity index (χ1v) is 4.03. The van der Waals surface area contributed by atoms with E-state index in [1.165, 1.54) is 6.20 Å². The van der Waals surface area contributed by atoms with E-state index in [1.807, 2.05) is 0 Å². The Kier molecular flexibility index (Phi) is 3.20. The molecule has 0 aromatic carbocycles. The Bertz CT molecular complexity index is 320. The maximum atomic E-state index is 11.3. The van der Waals surface area contributed by atoms with Crippen molar-refractivity contribution in [2.24, 2.45) is 0 Å². The standard InChI is InChI=1S/C10H11NO2/c1-3-8-5-6-11-7-9(8)10(12)13-4-2/h3,5-7H,1,4H2,2H3. The summed E-state index contributed by atoms with van der Waals surface area (Å²) in [4.78, 5) is 15.2. The summed E-state index contributed by atoms with van der Waals surface area (Å²) in [6, 6.07) is 1.72. The van der Waals surface area contributed by atoms with Crippen molar-refractivity contribution in [2.75, 3.05) is 6.61 Å². The van der Waals surface area contributed by atoms with E-state index in [4.69, 9.17) is 4.74 Å². The molecule has 0 fully saturated rings. The van der Waals surface area contributed by atoms with Crippen LogP contribution in [0.1, 0.15) is 22.8 Å². The number of ether oxygens (including phenoxy) is 1. The largest absolute Gasteiger partial charge is 0.462 e. The Hall–Kier alpha value is -1.64. The number of esters is 1. The first kappa shape index (κ1) is 9.45. The highest BCUT2D eigenvalue weighted by atomic mass is 16.5. The molecule has 0 amide bonds. The van der Waals surface area contributed by atoms with Gasteiger partial charge in [0, 0.05) is 12.4 Å². The van der Waals surface area contributed by atoms with Crippen molar-refractivity contribution in [3.8, 4) is 0 Å². The molecular formula is C10H11NO2. The minimum Gasteiger partial charge on any atom is -0.462 e. The molecule has 0 spiro atoms. The van der Waals surface area contributed by atoms with Gasteiger partial charge in [0.1, 0.15) is 0 Å².